The molecule has 1 amide bonds. The van der Waals surface area contributed by atoms with Crippen molar-refractivity contribution in [2.45, 2.75) is 39.2 Å². The Morgan fingerprint density at radius 2 is 2.00 bits per heavy atom. The number of nitrogens with one attached hydrogen (secondary N) is 1. The standard InChI is InChI=1S/C10H19NO2/c1-7-4-5-9(6-8(7)2)11-10(12)13-3/h7-9H,4-6H2,1-3H3,(H,11,12)/t7-,8?,9?/m0/s1. The molecule has 1 N–H and O–H groups in total. The first-order chi connectivity index (χ1) is 6.13. The van der Waals surface area contributed by atoms with E-state index in [-0.39, 0.29) is 6.09 Å². The Bertz CT molecular complexity index is 182. The molecule has 1 aliphatic carbocycles. The van der Waals surface area contributed by atoms with Crippen LogP contribution in [0.25, 0.3) is 0 Å². The van der Waals surface area contributed by atoms with Gasteiger partial charge >= 0.3 is 6.09 Å². The van der Waals surface area contributed by atoms with Crippen LogP contribution < -0.4 is 5.32 Å². The van der Waals surface area contributed by atoms with E-state index in [0.717, 1.165) is 18.8 Å². The number of hydrogen-bond acceptors (Lipinski definition) is 2. The van der Waals surface area contributed by atoms with Crippen molar-refractivity contribution in [2.24, 2.45) is 11.8 Å². The van der Waals surface area contributed by atoms with Gasteiger partial charge in [0.1, 0.15) is 0 Å². The lowest BCUT2D eigenvalue weighted by molar-refractivity contribution is 0.154. The van der Waals surface area contributed by atoms with Crippen LogP contribution in [0, 0.1) is 11.8 Å². The number of carbonyl (C=O) groups is 1. The summed E-state index contributed by atoms with van der Waals surface area (Å²) in [6, 6.07) is 0.318. The topological polar surface area (TPSA) is 38.3 Å². The number of amides is 1. The molecule has 3 nitrogen and oxygen atoms in total. The fraction of sp³-hybridized carbons (Fsp3) is 0.900. The van der Waals surface area contributed by atoms with Crippen LogP contribution in [0.4, 0.5) is 4.79 Å². The van der Waals surface area contributed by atoms with Gasteiger partial charge < -0.3 is 10.1 Å². The Morgan fingerprint density at radius 1 is 1.31 bits per heavy atom. The van der Waals surface area contributed by atoms with Crippen molar-refractivity contribution in [3.63, 3.8) is 0 Å². The molecule has 1 saturated carbocycles. The van der Waals surface area contributed by atoms with Crippen molar-refractivity contribution in [1.29, 1.82) is 0 Å². The minimum atomic E-state index is -0.299. The summed E-state index contributed by atoms with van der Waals surface area (Å²) in [5.74, 6) is 1.49. The predicted molar refractivity (Wildman–Crippen MR) is 51.5 cm³/mol. The molecule has 0 aromatic carbocycles. The first-order valence-corrected chi connectivity index (χ1v) is 4.98. The summed E-state index contributed by atoms with van der Waals surface area (Å²) in [6.07, 6.45) is 3.07. The third-order valence-corrected chi connectivity index (χ3v) is 3.11. The van der Waals surface area contributed by atoms with Crippen molar-refractivity contribution in [1.82, 2.24) is 5.32 Å². The molecule has 0 aliphatic heterocycles. The van der Waals surface area contributed by atoms with Crippen LogP contribution in [0.2, 0.25) is 0 Å². The second-order valence-electron chi connectivity index (χ2n) is 4.10. The lowest BCUT2D eigenvalue weighted by Gasteiger charge is -2.32. The Labute approximate surface area is 79.8 Å². The average Bonchev–Trinajstić information content (AvgIpc) is 2.11. The molecule has 3 atom stereocenters. The Kier molecular flexibility index (Phi) is 3.58. The molecule has 0 spiro atoms. The molecule has 1 rings (SSSR count). The summed E-state index contributed by atoms with van der Waals surface area (Å²) < 4.78 is 4.56. The Balaban J connectivity index is 2.33. The predicted octanol–water partition coefficient (Wildman–Crippen LogP) is 2.17. The number of hydrogen-bond donors (Lipinski definition) is 1. The number of rotatable bonds is 1. The molecule has 0 aromatic heterocycles. The highest BCUT2D eigenvalue weighted by Gasteiger charge is 2.25. The van der Waals surface area contributed by atoms with Crippen LogP contribution >= 0.6 is 0 Å². The molecule has 0 bridgehead atoms. The zero-order valence-electron chi connectivity index (χ0n) is 8.67. The maximum absolute atomic E-state index is 10.9. The van der Waals surface area contributed by atoms with E-state index in [9.17, 15) is 4.79 Å². The van der Waals surface area contributed by atoms with E-state index < -0.39 is 0 Å². The number of carbonyl (C=O) groups excluding carboxylic acids is 1. The largest absolute Gasteiger partial charge is 0.453 e. The highest BCUT2D eigenvalue weighted by atomic mass is 16.5. The maximum atomic E-state index is 10.9. The summed E-state index contributed by atoms with van der Waals surface area (Å²) in [5.41, 5.74) is 0. The van der Waals surface area contributed by atoms with E-state index in [1.165, 1.54) is 13.5 Å². The van der Waals surface area contributed by atoms with E-state index in [0.29, 0.717) is 12.0 Å². The zero-order valence-corrected chi connectivity index (χ0v) is 8.67. The normalized spacial score (nSPS) is 33.9. The average molecular weight is 185 g/mol. The number of ether oxygens (including phenoxy) is 1. The van der Waals surface area contributed by atoms with Gasteiger partial charge in [-0.05, 0) is 31.1 Å². The van der Waals surface area contributed by atoms with Gasteiger partial charge in [0, 0.05) is 6.04 Å². The second-order valence-corrected chi connectivity index (χ2v) is 4.10. The summed E-state index contributed by atoms with van der Waals surface area (Å²) in [4.78, 5) is 10.9. The van der Waals surface area contributed by atoms with E-state index in [4.69, 9.17) is 0 Å². The van der Waals surface area contributed by atoms with Crippen LogP contribution in [-0.2, 0) is 4.74 Å². The lowest BCUT2D eigenvalue weighted by atomic mass is 9.79. The van der Waals surface area contributed by atoms with Crippen LogP contribution in [0.1, 0.15) is 33.1 Å². The van der Waals surface area contributed by atoms with E-state index in [1.54, 1.807) is 0 Å². The quantitative estimate of drug-likeness (QED) is 0.680. The molecule has 2 unspecified atom stereocenters. The third-order valence-electron chi connectivity index (χ3n) is 3.11. The SMILES string of the molecule is COC(=O)NC1CC[C@H](C)C(C)C1. The van der Waals surface area contributed by atoms with E-state index in [2.05, 4.69) is 23.9 Å². The minimum Gasteiger partial charge on any atom is -0.453 e. The summed E-state index contributed by atoms with van der Waals surface area (Å²) in [5, 5.41) is 2.86. The van der Waals surface area contributed by atoms with Crippen molar-refractivity contribution < 1.29 is 9.53 Å². The lowest BCUT2D eigenvalue weighted by Crippen LogP contribution is -2.39. The minimum absolute atomic E-state index is 0.299. The number of methoxy groups -OCH3 is 1. The highest BCUT2D eigenvalue weighted by Crippen LogP contribution is 2.29. The first-order valence-electron chi connectivity index (χ1n) is 4.98. The van der Waals surface area contributed by atoms with E-state index in [1.807, 2.05) is 0 Å². The molecule has 0 heterocycles. The highest BCUT2D eigenvalue weighted by molar-refractivity contribution is 5.67. The molecule has 3 heteroatoms. The van der Waals surface area contributed by atoms with Gasteiger partial charge in [-0.15, -0.1) is 0 Å². The molecule has 0 aromatic rings. The van der Waals surface area contributed by atoms with Crippen LogP contribution in [-0.4, -0.2) is 19.2 Å². The summed E-state index contributed by atoms with van der Waals surface area (Å²) >= 11 is 0. The molecule has 1 fully saturated rings. The van der Waals surface area contributed by atoms with Gasteiger partial charge in [0.2, 0.25) is 0 Å². The number of alkyl carbamates (subject to hydrolysis) is 1. The van der Waals surface area contributed by atoms with Gasteiger partial charge in [-0.3, -0.25) is 0 Å². The second kappa shape index (κ2) is 4.49. The fourth-order valence-corrected chi connectivity index (χ4v) is 1.90. The Morgan fingerprint density at radius 3 is 2.54 bits per heavy atom. The summed E-state index contributed by atoms with van der Waals surface area (Å²) in [7, 11) is 1.41. The molecule has 1 aliphatic rings. The molecular weight excluding hydrogens is 166 g/mol. The van der Waals surface area contributed by atoms with Gasteiger partial charge in [0.15, 0.2) is 0 Å². The van der Waals surface area contributed by atoms with Crippen LogP contribution in [0.5, 0.6) is 0 Å². The third kappa shape index (κ3) is 2.90. The molecule has 76 valence electrons. The first kappa shape index (κ1) is 10.4. The van der Waals surface area contributed by atoms with Gasteiger partial charge in [0.25, 0.3) is 0 Å². The smallest absolute Gasteiger partial charge is 0.407 e. The monoisotopic (exact) mass is 185 g/mol. The van der Waals surface area contributed by atoms with Crippen molar-refractivity contribution in [3.8, 4) is 0 Å². The van der Waals surface area contributed by atoms with Gasteiger partial charge in [0.05, 0.1) is 7.11 Å². The molecule has 0 radical (unpaired) electrons. The van der Waals surface area contributed by atoms with Crippen molar-refractivity contribution in [3.05, 3.63) is 0 Å². The molecular formula is C10H19NO2. The van der Waals surface area contributed by atoms with E-state index >= 15 is 0 Å². The molecule has 0 saturated heterocycles. The van der Waals surface area contributed by atoms with Crippen molar-refractivity contribution >= 4 is 6.09 Å². The van der Waals surface area contributed by atoms with Gasteiger partial charge in [-0.1, -0.05) is 13.8 Å². The molecule has 13 heavy (non-hydrogen) atoms. The fourth-order valence-electron chi connectivity index (χ4n) is 1.90. The van der Waals surface area contributed by atoms with Crippen LogP contribution in [0.3, 0.4) is 0 Å². The van der Waals surface area contributed by atoms with Crippen LogP contribution in [0.15, 0.2) is 0 Å². The summed E-state index contributed by atoms with van der Waals surface area (Å²) in [6.45, 7) is 4.52. The zero-order chi connectivity index (χ0) is 9.84. The Hall–Kier alpha value is -0.730. The van der Waals surface area contributed by atoms with Gasteiger partial charge in [-0.25, -0.2) is 4.79 Å². The maximum Gasteiger partial charge on any atom is 0.407 e. The van der Waals surface area contributed by atoms with Gasteiger partial charge in [-0.2, -0.15) is 0 Å². The van der Waals surface area contributed by atoms with Crippen molar-refractivity contribution in [2.75, 3.05) is 7.11 Å².